The number of fused-ring (bicyclic) bond motifs is 1. The van der Waals surface area contributed by atoms with Gasteiger partial charge in [-0.05, 0) is 60.7 Å². The van der Waals surface area contributed by atoms with E-state index in [4.69, 9.17) is 0 Å². The first kappa shape index (κ1) is 23.9. The molecule has 3 heterocycles. The second-order valence-corrected chi connectivity index (χ2v) is 11.5. The van der Waals surface area contributed by atoms with Crippen LogP contribution in [-0.4, -0.2) is 60.7 Å². The molecular weight excluding hydrogens is 460 g/mol. The lowest BCUT2D eigenvalue weighted by Crippen LogP contribution is -2.48. The topological polar surface area (TPSA) is 82.6 Å². The average molecular weight is 493 g/mol. The monoisotopic (exact) mass is 492 g/mol. The van der Waals surface area contributed by atoms with Crippen molar-refractivity contribution in [1.29, 1.82) is 0 Å². The summed E-state index contributed by atoms with van der Waals surface area (Å²) in [5.74, 6) is -0.0690. The minimum atomic E-state index is -3.57. The Labute approximate surface area is 207 Å². The van der Waals surface area contributed by atoms with Crippen molar-refractivity contribution in [1.82, 2.24) is 19.5 Å². The molecule has 184 valence electrons. The third-order valence-electron chi connectivity index (χ3n) is 7.23. The van der Waals surface area contributed by atoms with Crippen LogP contribution in [0.15, 0.2) is 71.8 Å². The van der Waals surface area contributed by atoms with Crippen molar-refractivity contribution >= 4 is 26.7 Å². The molecule has 0 spiro atoms. The van der Waals surface area contributed by atoms with Gasteiger partial charge in [0.25, 0.3) is 0 Å². The maximum Gasteiger partial charge on any atom is 0.243 e. The fraction of sp³-hybridized carbons (Fsp3) is 0.407. The first-order valence-electron chi connectivity index (χ1n) is 12.4. The van der Waals surface area contributed by atoms with Gasteiger partial charge in [-0.15, -0.1) is 0 Å². The van der Waals surface area contributed by atoms with Gasteiger partial charge in [0, 0.05) is 50.9 Å². The number of likely N-dealkylation sites (tertiary alicyclic amines) is 1. The second-order valence-electron chi connectivity index (χ2n) is 9.57. The summed E-state index contributed by atoms with van der Waals surface area (Å²) in [4.78, 5) is 20.0. The van der Waals surface area contributed by atoms with Crippen LogP contribution in [-0.2, 0) is 21.4 Å². The van der Waals surface area contributed by atoms with Crippen molar-refractivity contribution in [3.05, 3.63) is 72.6 Å². The van der Waals surface area contributed by atoms with Crippen molar-refractivity contribution in [2.24, 2.45) is 5.92 Å². The molecule has 35 heavy (non-hydrogen) atoms. The Morgan fingerprint density at radius 1 is 0.886 bits per heavy atom. The molecule has 5 rings (SSSR count). The average Bonchev–Trinajstić information content (AvgIpc) is 2.90. The zero-order chi connectivity index (χ0) is 24.3. The Hall–Kier alpha value is -2.81. The highest BCUT2D eigenvalue weighted by Gasteiger charge is 2.33. The lowest BCUT2D eigenvalue weighted by atomic mass is 9.96. The Morgan fingerprint density at radius 3 is 2.31 bits per heavy atom. The third kappa shape index (κ3) is 5.55. The Bertz CT molecular complexity index is 1270. The van der Waals surface area contributed by atoms with Gasteiger partial charge in [0.15, 0.2) is 0 Å². The smallest absolute Gasteiger partial charge is 0.243 e. The summed E-state index contributed by atoms with van der Waals surface area (Å²) in [6.07, 6.45) is 4.77. The fourth-order valence-corrected chi connectivity index (χ4v) is 6.62. The molecule has 0 radical (unpaired) electrons. The van der Waals surface area contributed by atoms with Gasteiger partial charge in [-0.3, -0.25) is 14.7 Å². The Kier molecular flexibility index (Phi) is 7.13. The van der Waals surface area contributed by atoms with Gasteiger partial charge < -0.3 is 5.32 Å². The molecular formula is C27H32N4O3S. The van der Waals surface area contributed by atoms with Crippen LogP contribution in [0, 0.1) is 5.92 Å². The van der Waals surface area contributed by atoms with Crippen LogP contribution in [0.25, 0.3) is 10.8 Å². The number of piperidine rings is 2. The molecule has 2 aliphatic heterocycles. The van der Waals surface area contributed by atoms with Crippen LogP contribution in [0.4, 0.5) is 0 Å². The molecule has 0 aliphatic carbocycles. The lowest BCUT2D eigenvalue weighted by Gasteiger charge is -2.34. The number of aromatic nitrogens is 1. The maximum atomic E-state index is 13.2. The van der Waals surface area contributed by atoms with Crippen LogP contribution in [0.3, 0.4) is 0 Å². The van der Waals surface area contributed by atoms with Crippen molar-refractivity contribution in [3.63, 3.8) is 0 Å². The summed E-state index contributed by atoms with van der Waals surface area (Å²) >= 11 is 0. The van der Waals surface area contributed by atoms with Crippen molar-refractivity contribution in [2.45, 2.75) is 43.2 Å². The molecule has 7 nitrogen and oxygen atoms in total. The van der Waals surface area contributed by atoms with E-state index in [1.165, 1.54) is 4.31 Å². The highest BCUT2D eigenvalue weighted by molar-refractivity contribution is 7.89. The quantitative estimate of drug-likeness (QED) is 0.570. The molecule has 1 amide bonds. The van der Waals surface area contributed by atoms with Gasteiger partial charge in [0.05, 0.1) is 10.6 Å². The number of pyridine rings is 1. The van der Waals surface area contributed by atoms with Crippen molar-refractivity contribution in [2.75, 3.05) is 26.2 Å². The molecule has 2 aliphatic rings. The molecule has 2 aromatic carbocycles. The van der Waals surface area contributed by atoms with Gasteiger partial charge in [-0.2, -0.15) is 4.31 Å². The number of hydrogen-bond donors (Lipinski definition) is 1. The highest BCUT2D eigenvalue weighted by atomic mass is 32.2. The number of amides is 1. The van der Waals surface area contributed by atoms with E-state index in [1.807, 2.05) is 54.7 Å². The summed E-state index contributed by atoms with van der Waals surface area (Å²) in [6, 6.07) is 19.2. The van der Waals surface area contributed by atoms with Crippen LogP contribution >= 0.6 is 0 Å². The number of rotatable bonds is 6. The number of benzene rings is 2. The number of nitrogens with zero attached hydrogens (tertiary/aromatic N) is 3. The minimum Gasteiger partial charge on any atom is -0.353 e. The van der Waals surface area contributed by atoms with Gasteiger partial charge in [-0.1, -0.05) is 36.4 Å². The van der Waals surface area contributed by atoms with Gasteiger partial charge in [0.1, 0.15) is 0 Å². The van der Waals surface area contributed by atoms with E-state index >= 15 is 0 Å². The third-order valence-corrected chi connectivity index (χ3v) is 9.12. The first-order valence-corrected chi connectivity index (χ1v) is 13.8. The van der Waals surface area contributed by atoms with Gasteiger partial charge in [0.2, 0.25) is 15.9 Å². The number of carbonyl (C=O) groups excluding carboxylic acids is 1. The van der Waals surface area contributed by atoms with E-state index in [0.717, 1.165) is 48.9 Å². The maximum absolute atomic E-state index is 13.2. The normalized spacial score (nSPS) is 19.1. The van der Waals surface area contributed by atoms with Crippen molar-refractivity contribution in [3.8, 4) is 0 Å². The number of carbonyl (C=O) groups is 1. The molecule has 0 saturated carbocycles. The second kappa shape index (κ2) is 10.4. The molecule has 3 aromatic rings. The summed E-state index contributed by atoms with van der Waals surface area (Å²) in [7, 11) is -3.57. The highest BCUT2D eigenvalue weighted by Crippen LogP contribution is 2.26. The Balaban J connectivity index is 1.11. The van der Waals surface area contributed by atoms with E-state index in [0.29, 0.717) is 30.8 Å². The predicted octanol–water partition coefficient (Wildman–Crippen LogP) is 3.42. The zero-order valence-electron chi connectivity index (χ0n) is 19.8. The molecule has 1 N–H and O–H groups in total. The SMILES string of the molecule is O=C(NC1CCN(Cc2ccccn2)CC1)C1CCN(S(=O)(=O)c2ccc3ccccc3c2)CC1. The lowest BCUT2D eigenvalue weighted by molar-refractivity contribution is -0.127. The van der Waals surface area contributed by atoms with E-state index in [-0.39, 0.29) is 17.9 Å². The van der Waals surface area contributed by atoms with Gasteiger partial charge >= 0.3 is 0 Å². The Morgan fingerprint density at radius 2 is 1.60 bits per heavy atom. The molecule has 0 bridgehead atoms. The van der Waals surface area contributed by atoms with E-state index in [1.54, 1.807) is 12.1 Å². The van der Waals surface area contributed by atoms with Crippen LogP contribution in [0.1, 0.15) is 31.4 Å². The van der Waals surface area contributed by atoms with Crippen molar-refractivity contribution < 1.29 is 13.2 Å². The van der Waals surface area contributed by atoms with E-state index in [2.05, 4.69) is 15.2 Å². The standard InChI is InChI=1S/C27H32N4O3S/c32-27(29-24-12-15-30(16-13-24)20-25-7-3-4-14-28-25)22-10-17-31(18-11-22)35(33,34)26-9-8-21-5-1-2-6-23(21)19-26/h1-9,14,19,22,24H,10-13,15-18,20H2,(H,29,32). The fourth-order valence-electron chi connectivity index (χ4n) is 5.11. The van der Waals surface area contributed by atoms with Crippen LogP contribution in [0.2, 0.25) is 0 Å². The number of hydrogen-bond acceptors (Lipinski definition) is 5. The molecule has 0 atom stereocenters. The summed E-state index contributed by atoms with van der Waals surface area (Å²) in [5.41, 5.74) is 1.07. The van der Waals surface area contributed by atoms with Crippen LogP contribution in [0.5, 0.6) is 0 Å². The summed E-state index contributed by atoms with van der Waals surface area (Å²) < 4.78 is 27.9. The molecule has 1 aromatic heterocycles. The minimum absolute atomic E-state index is 0.0657. The largest absolute Gasteiger partial charge is 0.353 e. The predicted molar refractivity (Wildman–Crippen MR) is 136 cm³/mol. The zero-order valence-corrected chi connectivity index (χ0v) is 20.7. The van der Waals surface area contributed by atoms with E-state index in [9.17, 15) is 13.2 Å². The van der Waals surface area contributed by atoms with Crippen LogP contribution < -0.4 is 5.32 Å². The number of nitrogens with one attached hydrogen (secondary N) is 1. The number of sulfonamides is 1. The molecule has 2 fully saturated rings. The molecule has 0 unspecified atom stereocenters. The molecule has 2 saturated heterocycles. The summed E-state index contributed by atoms with van der Waals surface area (Å²) in [6.45, 7) is 3.45. The van der Waals surface area contributed by atoms with Gasteiger partial charge in [-0.25, -0.2) is 8.42 Å². The molecule has 8 heteroatoms. The van der Waals surface area contributed by atoms with E-state index < -0.39 is 10.0 Å². The first-order chi connectivity index (χ1) is 17.0. The summed E-state index contributed by atoms with van der Waals surface area (Å²) in [5, 5.41) is 5.16.